The monoisotopic (exact) mass is 292 g/mol. The number of sulfone groups is 1. The largest absolute Gasteiger partial charge is 0.481 e. The summed E-state index contributed by atoms with van der Waals surface area (Å²) in [4.78, 5) is 34.5. The molecule has 0 spiro atoms. The molecule has 1 heterocycles. The Kier molecular flexibility index (Phi) is 4.87. The van der Waals surface area contributed by atoms with Gasteiger partial charge in [0.2, 0.25) is 11.8 Å². The fraction of sp³-hybridized carbons (Fsp3) is 0.700. The molecular weight excluding hydrogens is 276 g/mol. The fourth-order valence-electron chi connectivity index (χ4n) is 1.89. The molecule has 1 saturated heterocycles. The van der Waals surface area contributed by atoms with E-state index in [4.69, 9.17) is 5.11 Å². The first-order chi connectivity index (χ1) is 8.71. The van der Waals surface area contributed by atoms with Crippen molar-refractivity contribution in [2.45, 2.75) is 19.4 Å². The summed E-state index contributed by atoms with van der Waals surface area (Å²) in [5.74, 6) is -2.57. The second-order valence-electron chi connectivity index (χ2n) is 4.36. The Balaban J connectivity index is 2.75. The van der Waals surface area contributed by atoms with Crippen molar-refractivity contribution in [2.75, 3.05) is 24.6 Å². The van der Waals surface area contributed by atoms with Crippen LogP contribution in [-0.4, -0.2) is 66.8 Å². The minimum Gasteiger partial charge on any atom is -0.481 e. The van der Waals surface area contributed by atoms with Crippen LogP contribution in [0, 0.1) is 0 Å². The molecule has 1 rings (SSSR count). The molecule has 1 atom stereocenters. The number of carboxylic acid groups (broad SMARTS) is 1. The van der Waals surface area contributed by atoms with Gasteiger partial charge in [-0.2, -0.15) is 0 Å². The molecule has 1 unspecified atom stereocenters. The van der Waals surface area contributed by atoms with E-state index < -0.39 is 34.2 Å². The summed E-state index contributed by atoms with van der Waals surface area (Å²) in [5, 5.41) is 11.1. The Morgan fingerprint density at radius 1 is 1.37 bits per heavy atom. The van der Waals surface area contributed by atoms with Crippen LogP contribution >= 0.6 is 0 Å². The number of carbonyl (C=O) groups is 3. The molecule has 8 nitrogen and oxygen atoms in total. The zero-order valence-electron chi connectivity index (χ0n) is 10.5. The topological polar surface area (TPSA) is 121 Å². The average Bonchev–Trinajstić information content (AvgIpc) is 2.24. The second-order valence-corrected chi connectivity index (χ2v) is 6.59. The van der Waals surface area contributed by atoms with E-state index in [0.29, 0.717) is 0 Å². The van der Waals surface area contributed by atoms with Crippen molar-refractivity contribution in [3.8, 4) is 0 Å². The maximum absolute atomic E-state index is 11.8. The van der Waals surface area contributed by atoms with Crippen LogP contribution in [0.25, 0.3) is 0 Å². The molecule has 0 aliphatic carbocycles. The highest BCUT2D eigenvalue weighted by molar-refractivity contribution is 7.91. The molecule has 0 aromatic carbocycles. The fourth-order valence-corrected chi connectivity index (χ4v) is 3.41. The maximum Gasteiger partial charge on any atom is 0.305 e. The van der Waals surface area contributed by atoms with Crippen LogP contribution < -0.4 is 5.32 Å². The highest BCUT2D eigenvalue weighted by atomic mass is 32.2. The number of nitrogens with one attached hydrogen (secondary N) is 1. The van der Waals surface area contributed by atoms with E-state index in [1.165, 1.54) is 11.8 Å². The van der Waals surface area contributed by atoms with E-state index in [9.17, 15) is 22.8 Å². The van der Waals surface area contributed by atoms with Gasteiger partial charge in [-0.05, 0) is 0 Å². The quantitative estimate of drug-likeness (QED) is 0.632. The minimum atomic E-state index is -3.32. The zero-order chi connectivity index (χ0) is 14.6. The Morgan fingerprint density at radius 3 is 2.53 bits per heavy atom. The lowest BCUT2D eigenvalue weighted by Gasteiger charge is -2.34. The number of carboxylic acids is 1. The molecule has 1 aliphatic rings. The van der Waals surface area contributed by atoms with Crippen molar-refractivity contribution in [2.24, 2.45) is 0 Å². The summed E-state index contributed by atoms with van der Waals surface area (Å²) in [6, 6.07) is -0.877. The predicted molar refractivity (Wildman–Crippen MR) is 65.1 cm³/mol. The summed E-state index contributed by atoms with van der Waals surface area (Å²) in [6.07, 6.45) is -0.426. The Morgan fingerprint density at radius 2 is 2.00 bits per heavy atom. The van der Waals surface area contributed by atoms with Gasteiger partial charge < -0.3 is 15.3 Å². The maximum atomic E-state index is 11.8. The summed E-state index contributed by atoms with van der Waals surface area (Å²) in [7, 11) is -3.32. The summed E-state index contributed by atoms with van der Waals surface area (Å²) < 4.78 is 23.0. The molecule has 9 heteroatoms. The molecule has 0 aromatic rings. The van der Waals surface area contributed by atoms with E-state index in [0.717, 1.165) is 0 Å². The number of carbonyl (C=O) groups excluding carboxylic acids is 2. The molecule has 0 radical (unpaired) electrons. The molecule has 0 aromatic heterocycles. The molecule has 0 saturated carbocycles. The third-order valence-electron chi connectivity index (χ3n) is 2.75. The molecule has 2 amide bonds. The third-order valence-corrected chi connectivity index (χ3v) is 4.45. The number of rotatable bonds is 4. The average molecular weight is 292 g/mol. The van der Waals surface area contributed by atoms with E-state index in [2.05, 4.69) is 5.32 Å². The Labute approximate surface area is 110 Å². The lowest BCUT2D eigenvalue weighted by Crippen LogP contribution is -2.54. The molecule has 108 valence electrons. The normalized spacial score (nSPS) is 21.7. The molecule has 19 heavy (non-hydrogen) atoms. The first kappa shape index (κ1) is 15.4. The lowest BCUT2D eigenvalue weighted by atomic mass is 10.2. The van der Waals surface area contributed by atoms with E-state index in [-0.39, 0.29) is 30.5 Å². The molecule has 1 aliphatic heterocycles. The van der Waals surface area contributed by atoms with Crippen LogP contribution in [0.5, 0.6) is 0 Å². The Bertz CT molecular complexity index is 486. The van der Waals surface area contributed by atoms with Gasteiger partial charge >= 0.3 is 5.97 Å². The summed E-state index contributed by atoms with van der Waals surface area (Å²) in [5.41, 5.74) is 0. The molecule has 1 fully saturated rings. The van der Waals surface area contributed by atoms with Crippen LogP contribution in [0.15, 0.2) is 0 Å². The van der Waals surface area contributed by atoms with E-state index in [1.807, 2.05) is 0 Å². The van der Waals surface area contributed by atoms with Crippen molar-refractivity contribution < 1.29 is 27.9 Å². The number of hydrogen-bond donors (Lipinski definition) is 2. The highest BCUT2D eigenvalue weighted by Gasteiger charge is 2.35. The van der Waals surface area contributed by atoms with Gasteiger partial charge in [0, 0.05) is 13.5 Å². The number of amides is 2. The zero-order valence-corrected chi connectivity index (χ0v) is 11.3. The summed E-state index contributed by atoms with van der Waals surface area (Å²) in [6.45, 7) is 0.951. The van der Waals surface area contributed by atoms with Crippen molar-refractivity contribution >= 4 is 27.6 Å². The van der Waals surface area contributed by atoms with Crippen molar-refractivity contribution in [1.29, 1.82) is 0 Å². The SMILES string of the molecule is CC(=O)NCC(=O)N1CCS(=O)(=O)CC1CC(=O)O. The van der Waals surface area contributed by atoms with Gasteiger partial charge in [0.15, 0.2) is 9.84 Å². The van der Waals surface area contributed by atoms with Crippen LogP contribution in [-0.2, 0) is 24.2 Å². The van der Waals surface area contributed by atoms with Crippen LogP contribution in [0.3, 0.4) is 0 Å². The van der Waals surface area contributed by atoms with Gasteiger partial charge in [-0.1, -0.05) is 0 Å². The van der Waals surface area contributed by atoms with E-state index >= 15 is 0 Å². The lowest BCUT2D eigenvalue weighted by molar-refractivity contribution is -0.140. The van der Waals surface area contributed by atoms with Gasteiger partial charge in [0.25, 0.3) is 0 Å². The Hall–Kier alpha value is -1.64. The first-order valence-corrected chi connectivity index (χ1v) is 7.49. The highest BCUT2D eigenvalue weighted by Crippen LogP contribution is 2.15. The number of hydrogen-bond acceptors (Lipinski definition) is 5. The van der Waals surface area contributed by atoms with Gasteiger partial charge in [0.1, 0.15) is 0 Å². The summed E-state index contributed by atoms with van der Waals surface area (Å²) >= 11 is 0. The van der Waals surface area contributed by atoms with Crippen molar-refractivity contribution in [3.05, 3.63) is 0 Å². The smallest absolute Gasteiger partial charge is 0.305 e. The number of aliphatic carboxylic acids is 1. The second kappa shape index (κ2) is 6.00. The van der Waals surface area contributed by atoms with Gasteiger partial charge in [0.05, 0.1) is 30.5 Å². The molecule has 0 bridgehead atoms. The van der Waals surface area contributed by atoms with Crippen molar-refractivity contribution in [1.82, 2.24) is 10.2 Å². The van der Waals surface area contributed by atoms with E-state index in [1.54, 1.807) is 0 Å². The van der Waals surface area contributed by atoms with Gasteiger partial charge in [-0.15, -0.1) is 0 Å². The number of nitrogens with zero attached hydrogens (tertiary/aromatic N) is 1. The van der Waals surface area contributed by atoms with Crippen molar-refractivity contribution in [3.63, 3.8) is 0 Å². The minimum absolute atomic E-state index is 0.0430. The standard InChI is InChI=1S/C10H16N2O6S/c1-7(13)11-5-9(14)12-2-3-19(17,18)6-8(12)4-10(15)16/h8H,2-6H2,1H3,(H,11,13)(H,15,16). The molecule has 2 N–H and O–H groups in total. The molecular formula is C10H16N2O6S. The van der Waals surface area contributed by atoms with Gasteiger partial charge in [-0.3, -0.25) is 14.4 Å². The van der Waals surface area contributed by atoms with Crippen LogP contribution in [0.1, 0.15) is 13.3 Å². The predicted octanol–water partition coefficient (Wildman–Crippen LogP) is -1.78. The van der Waals surface area contributed by atoms with Gasteiger partial charge in [-0.25, -0.2) is 8.42 Å². The first-order valence-electron chi connectivity index (χ1n) is 5.67. The third kappa shape index (κ3) is 4.86. The van der Waals surface area contributed by atoms with Crippen LogP contribution in [0.4, 0.5) is 0 Å². The van der Waals surface area contributed by atoms with Crippen LogP contribution in [0.2, 0.25) is 0 Å².